The van der Waals surface area contributed by atoms with Crippen molar-refractivity contribution in [3.8, 4) is 11.6 Å². The van der Waals surface area contributed by atoms with E-state index in [-0.39, 0.29) is 11.4 Å². The lowest BCUT2D eigenvalue weighted by molar-refractivity contribution is -0.385. The van der Waals surface area contributed by atoms with Crippen molar-refractivity contribution in [1.29, 1.82) is 0 Å². The Balaban J connectivity index is 2.35. The van der Waals surface area contributed by atoms with E-state index in [0.29, 0.717) is 5.88 Å². The Morgan fingerprint density at radius 1 is 1.38 bits per heavy atom. The maximum Gasteiger partial charge on any atom is 0.311 e. The van der Waals surface area contributed by atoms with Crippen molar-refractivity contribution >= 4 is 5.69 Å². The quantitative estimate of drug-likeness (QED) is 0.585. The number of ether oxygens (including phenoxy) is 1. The number of nitro groups is 1. The molecule has 0 spiro atoms. The molecule has 1 aromatic heterocycles. The smallest absolute Gasteiger partial charge is 0.311 e. The molecule has 6 nitrogen and oxygen atoms in total. The Hall–Kier alpha value is -2.37. The first-order valence-corrected chi connectivity index (χ1v) is 4.58. The van der Waals surface area contributed by atoms with Gasteiger partial charge in [0.1, 0.15) is 0 Å². The van der Waals surface area contributed by atoms with Crippen LogP contribution in [0.1, 0.15) is 0 Å². The number of nitro benzene ring substituents is 1. The van der Waals surface area contributed by atoms with Gasteiger partial charge in [-0.2, -0.15) is 5.10 Å². The molecule has 1 aromatic carbocycles. The van der Waals surface area contributed by atoms with Gasteiger partial charge in [-0.05, 0) is 6.07 Å². The molecule has 0 fully saturated rings. The summed E-state index contributed by atoms with van der Waals surface area (Å²) in [6.07, 6.45) is 1.56. The summed E-state index contributed by atoms with van der Waals surface area (Å²) >= 11 is 0. The Kier molecular flexibility index (Phi) is 2.55. The number of para-hydroxylation sites is 2. The lowest BCUT2D eigenvalue weighted by Gasteiger charge is -2.05. The highest BCUT2D eigenvalue weighted by Gasteiger charge is 2.15. The van der Waals surface area contributed by atoms with Crippen LogP contribution in [0.25, 0.3) is 0 Å². The molecule has 0 unspecified atom stereocenters. The summed E-state index contributed by atoms with van der Waals surface area (Å²) < 4.78 is 6.90. The predicted octanol–water partition coefficient (Wildman–Crippen LogP) is 2.12. The largest absolute Gasteiger partial charge is 0.432 e. The maximum absolute atomic E-state index is 10.7. The topological polar surface area (TPSA) is 70.2 Å². The highest BCUT2D eigenvalue weighted by Crippen LogP contribution is 2.30. The van der Waals surface area contributed by atoms with Crippen molar-refractivity contribution in [3.05, 3.63) is 46.6 Å². The summed E-state index contributed by atoms with van der Waals surface area (Å²) in [6.45, 7) is 0. The average Bonchev–Trinajstić information content (AvgIpc) is 2.65. The number of hydrogen-bond acceptors (Lipinski definition) is 4. The van der Waals surface area contributed by atoms with Crippen LogP contribution in [0.5, 0.6) is 11.6 Å². The van der Waals surface area contributed by atoms with Gasteiger partial charge in [0.25, 0.3) is 0 Å². The van der Waals surface area contributed by atoms with Gasteiger partial charge < -0.3 is 4.74 Å². The second kappa shape index (κ2) is 4.01. The maximum atomic E-state index is 10.7. The Labute approximate surface area is 91.2 Å². The summed E-state index contributed by atoms with van der Waals surface area (Å²) in [5.41, 5.74) is -0.0660. The monoisotopic (exact) mass is 219 g/mol. The van der Waals surface area contributed by atoms with Gasteiger partial charge in [-0.3, -0.25) is 10.1 Å². The van der Waals surface area contributed by atoms with Crippen LogP contribution < -0.4 is 4.74 Å². The fourth-order valence-corrected chi connectivity index (χ4v) is 1.27. The fraction of sp³-hybridized carbons (Fsp3) is 0.100. The predicted molar refractivity (Wildman–Crippen MR) is 56.4 cm³/mol. The lowest BCUT2D eigenvalue weighted by Crippen LogP contribution is -1.97. The molecule has 0 bridgehead atoms. The molecule has 0 radical (unpaired) electrons. The van der Waals surface area contributed by atoms with Gasteiger partial charge in [0, 0.05) is 19.2 Å². The SMILES string of the molecule is Cn1nccc1Oc1ccccc1[N+](=O)[O-]. The molecule has 6 heteroatoms. The molecule has 0 aliphatic carbocycles. The number of nitrogens with zero attached hydrogens (tertiary/aromatic N) is 3. The molecular formula is C10H9N3O3. The first kappa shape index (κ1) is 10.2. The summed E-state index contributed by atoms with van der Waals surface area (Å²) in [6, 6.07) is 7.85. The molecular weight excluding hydrogens is 210 g/mol. The minimum absolute atomic E-state index is 0.0660. The lowest BCUT2D eigenvalue weighted by atomic mass is 10.3. The van der Waals surface area contributed by atoms with E-state index in [1.165, 1.54) is 10.7 Å². The summed E-state index contributed by atoms with van der Waals surface area (Å²) in [7, 11) is 1.70. The standard InChI is InChI=1S/C10H9N3O3/c1-12-10(6-7-11-12)16-9-5-3-2-4-8(9)13(14)15/h2-7H,1H3. The Morgan fingerprint density at radius 2 is 2.12 bits per heavy atom. The van der Waals surface area contributed by atoms with Crippen molar-refractivity contribution in [2.75, 3.05) is 0 Å². The summed E-state index contributed by atoms with van der Waals surface area (Å²) in [4.78, 5) is 10.3. The van der Waals surface area contributed by atoms with Crippen molar-refractivity contribution in [3.63, 3.8) is 0 Å². The molecule has 0 aliphatic rings. The minimum Gasteiger partial charge on any atom is -0.432 e. The zero-order valence-corrected chi connectivity index (χ0v) is 8.53. The van der Waals surface area contributed by atoms with E-state index < -0.39 is 4.92 Å². The van der Waals surface area contributed by atoms with E-state index in [4.69, 9.17) is 4.74 Å². The van der Waals surface area contributed by atoms with Crippen LogP contribution in [0.3, 0.4) is 0 Å². The number of aromatic nitrogens is 2. The highest BCUT2D eigenvalue weighted by molar-refractivity contribution is 5.47. The molecule has 0 atom stereocenters. The van der Waals surface area contributed by atoms with E-state index in [0.717, 1.165) is 0 Å². The van der Waals surface area contributed by atoms with Crippen LogP contribution >= 0.6 is 0 Å². The molecule has 16 heavy (non-hydrogen) atoms. The van der Waals surface area contributed by atoms with Gasteiger partial charge in [-0.15, -0.1) is 0 Å². The molecule has 2 rings (SSSR count). The number of rotatable bonds is 3. The van der Waals surface area contributed by atoms with Gasteiger partial charge in [0.05, 0.1) is 11.1 Å². The summed E-state index contributed by atoms with van der Waals surface area (Å²) in [5.74, 6) is 0.658. The highest BCUT2D eigenvalue weighted by atomic mass is 16.6. The van der Waals surface area contributed by atoms with Crippen LogP contribution in [0.2, 0.25) is 0 Å². The zero-order valence-electron chi connectivity index (χ0n) is 8.53. The summed E-state index contributed by atoms with van der Waals surface area (Å²) in [5, 5.41) is 14.6. The van der Waals surface area contributed by atoms with Crippen LogP contribution in [-0.2, 0) is 7.05 Å². The van der Waals surface area contributed by atoms with E-state index in [1.807, 2.05) is 0 Å². The van der Waals surface area contributed by atoms with Crippen LogP contribution in [-0.4, -0.2) is 14.7 Å². The number of hydrogen-bond donors (Lipinski definition) is 0. The average molecular weight is 219 g/mol. The number of benzene rings is 1. The molecule has 1 heterocycles. The zero-order chi connectivity index (χ0) is 11.5. The van der Waals surface area contributed by atoms with Gasteiger partial charge in [-0.25, -0.2) is 4.68 Å². The van der Waals surface area contributed by atoms with Crippen molar-refractivity contribution in [2.45, 2.75) is 0 Å². The molecule has 0 aliphatic heterocycles. The molecule has 0 saturated carbocycles. The first-order valence-electron chi connectivity index (χ1n) is 4.58. The van der Waals surface area contributed by atoms with Gasteiger partial charge in [-0.1, -0.05) is 12.1 Å². The fourth-order valence-electron chi connectivity index (χ4n) is 1.27. The van der Waals surface area contributed by atoms with Gasteiger partial charge in [0.2, 0.25) is 11.6 Å². The number of aryl methyl sites for hydroxylation is 1. The first-order chi connectivity index (χ1) is 7.68. The normalized spacial score (nSPS) is 10.1. The molecule has 2 aromatic rings. The second-order valence-corrected chi connectivity index (χ2v) is 3.12. The molecule has 0 saturated heterocycles. The van der Waals surface area contributed by atoms with E-state index >= 15 is 0 Å². The van der Waals surface area contributed by atoms with E-state index in [1.54, 1.807) is 37.5 Å². The molecule has 0 N–H and O–H groups in total. The third kappa shape index (κ3) is 1.85. The van der Waals surface area contributed by atoms with Gasteiger partial charge in [0.15, 0.2) is 0 Å². The van der Waals surface area contributed by atoms with Crippen molar-refractivity contribution in [2.24, 2.45) is 7.05 Å². The van der Waals surface area contributed by atoms with Crippen LogP contribution in [0.15, 0.2) is 36.5 Å². The van der Waals surface area contributed by atoms with Crippen molar-refractivity contribution in [1.82, 2.24) is 9.78 Å². The van der Waals surface area contributed by atoms with Crippen LogP contribution in [0.4, 0.5) is 5.69 Å². The van der Waals surface area contributed by atoms with E-state index in [2.05, 4.69) is 5.10 Å². The van der Waals surface area contributed by atoms with Crippen molar-refractivity contribution < 1.29 is 9.66 Å². The Bertz CT molecular complexity index is 522. The molecule has 0 amide bonds. The third-order valence-corrected chi connectivity index (χ3v) is 2.05. The Morgan fingerprint density at radius 3 is 2.75 bits per heavy atom. The van der Waals surface area contributed by atoms with Gasteiger partial charge >= 0.3 is 5.69 Å². The minimum atomic E-state index is -0.480. The second-order valence-electron chi connectivity index (χ2n) is 3.12. The molecule has 82 valence electrons. The van der Waals surface area contributed by atoms with E-state index in [9.17, 15) is 10.1 Å². The third-order valence-electron chi connectivity index (χ3n) is 2.05. The van der Waals surface area contributed by atoms with Crippen LogP contribution in [0, 0.1) is 10.1 Å².